The van der Waals surface area contributed by atoms with Crippen molar-refractivity contribution in [3.05, 3.63) is 0 Å². The Kier molecular flexibility index (Phi) is 3.81. The van der Waals surface area contributed by atoms with Gasteiger partial charge in [0.15, 0.2) is 0 Å². The van der Waals surface area contributed by atoms with Crippen LogP contribution < -0.4 is 0 Å². The lowest BCUT2D eigenvalue weighted by Gasteiger charge is -2.33. The molecular weight excluding hydrogens is 160 g/mol. The Hall–Kier alpha value is -0.480. The third-order valence-electron chi connectivity index (χ3n) is 2.99. The Labute approximate surface area is 81.5 Å². The maximum absolute atomic E-state index is 10.0. The zero-order valence-corrected chi connectivity index (χ0v) is 8.55. The first-order chi connectivity index (χ1) is 6.14. The largest absolute Gasteiger partial charge is 0.390 e. The highest BCUT2D eigenvalue weighted by Gasteiger charge is 2.28. The SMILES string of the molecule is C#CCCCC(C)(O)CC1CCC1. The Balaban J connectivity index is 2.15. The van der Waals surface area contributed by atoms with E-state index in [2.05, 4.69) is 5.92 Å². The summed E-state index contributed by atoms with van der Waals surface area (Å²) in [4.78, 5) is 0. The van der Waals surface area contributed by atoms with Gasteiger partial charge in [-0.25, -0.2) is 0 Å². The van der Waals surface area contributed by atoms with Crippen LogP contribution >= 0.6 is 0 Å². The van der Waals surface area contributed by atoms with E-state index in [1.807, 2.05) is 6.92 Å². The molecular formula is C12H20O. The van der Waals surface area contributed by atoms with Crippen LogP contribution in [0.25, 0.3) is 0 Å². The van der Waals surface area contributed by atoms with Crippen molar-refractivity contribution in [3.8, 4) is 12.3 Å². The molecule has 0 bridgehead atoms. The summed E-state index contributed by atoms with van der Waals surface area (Å²) >= 11 is 0. The predicted octanol–water partition coefficient (Wildman–Crippen LogP) is 2.73. The van der Waals surface area contributed by atoms with Gasteiger partial charge < -0.3 is 5.11 Å². The van der Waals surface area contributed by atoms with E-state index in [0.717, 1.165) is 31.6 Å². The number of hydrogen-bond donors (Lipinski definition) is 1. The van der Waals surface area contributed by atoms with Crippen molar-refractivity contribution in [1.29, 1.82) is 0 Å². The Morgan fingerprint density at radius 1 is 1.54 bits per heavy atom. The third kappa shape index (κ3) is 3.83. The number of hydrogen-bond acceptors (Lipinski definition) is 1. The molecule has 1 aliphatic rings. The number of rotatable bonds is 5. The molecule has 0 saturated heterocycles. The molecule has 0 heterocycles. The van der Waals surface area contributed by atoms with E-state index in [-0.39, 0.29) is 0 Å². The minimum absolute atomic E-state index is 0.470. The topological polar surface area (TPSA) is 20.2 Å². The number of aliphatic hydroxyl groups is 1. The molecule has 0 aromatic rings. The van der Waals surface area contributed by atoms with Gasteiger partial charge in [-0.05, 0) is 32.1 Å². The smallest absolute Gasteiger partial charge is 0.0622 e. The molecule has 0 aromatic heterocycles. The van der Waals surface area contributed by atoms with Crippen molar-refractivity contribution < 1.29 is 5.11 Å². The maximum atomic E-state index is 10.0. The van der Waals surface area contributed by atoms with Crippen LogP contribution in [0.4, 0.5) is 0 Å². The highest BCUT2D eigenvalue weighted by atomic mass is 16.3. The standard InChI is InChI=1S/C12H20O/c1-3-4-5-9-12(2,13)10-11-7-6-8-11/h1,11,13H,4-10H2,2H3. The van der Waals surface area contributed by atoms with Crippen LogP contribution in [0, 0.1) is 18.3 Å². The van der Waals surface area contributed by atoms with Gasteiger partial charge in [-0.15, -0.1) is 12.3 Å². The lowest BCUT2D eigenvalue weighted by Crippen LogP contribution is -2.30. The fourth-order valence-electron chi connectivity index (χ4n) is 1.99. The zero-order chi connectivity index (χ0) is 9.73. The third-order valence-corrected chi connectivity index (χ3v) is 2.99. The summed E-state index contributed by atoms with van der Waals surface area (Å²) in [6.45, 7) is 1.95. The van der Waals surface area contributed by atoms with Crippen molar-refractivity contribution in [2.24, 2.45) is 5.92 Å². The van der Waals surface area contributed by atoms with E-state index in [1.54, 1.807) is 0 Å². The zero-order valence-electron chi connectivity index (χ0n) is 8.55. The summed E-state index contributed by atoms with van der Waals surface area (Å²) < 4.78 is 0. The highest BCUT2D eigenvalue weighted by molar-refractivity contribution is 4.86. The Morgan fingerprint density at radius 2 is 2.23 bits per heavy atom. The van der Waals surface area contributed by atoms with Gasteiger partial charge in [0.2, 0.25) is 0 Å². The summed E-state index contributed by atoms with van der Waals surface area (Å²) in [6, 6.07) is 0. The predicted molar refractivity (Wildman–Crippen MR) is 55.3 cm³/mol. The van der Waals surface area contributed by atoms with Crippen LogP contribution in [0.1, 0.15) is 51.9 Å². The molecule has 0 aliphatic heterocycles. The Morgan fingerprint density at radius 3 is 2.69 bits per heavy atom. The van der Waals surface area contributed by atoms with E-state index in [0.29, 0.717) is 0 Å². The summed E-state index contributed by atoms with van der Waals surface area (Å²) in [5, 5.41) is 10.0. The first-order valence-electron chi connectivity index (χ1n) is 5.30. The number of terminal acetylenes is 1. The van der Waals surface area contributed by atoms with Crippen molar-refractivity contribution in [1.82, 2.24) is 0 Å². The van der Waals surface area contributed by atoms with Crippen molar-refractivity contribution >= 4 is 0 Å². The summed E-state index contributed by atoms with van der Waals surface area (Å²) in [5.41, 5.74) is -0.470. The van der Waals surface area contributed by atoms with E-state index in [9.17, 15) is 5.11 Å². The number of unbranched alkanes of at least 4 members (excludes halogenated alkanes) is 1. The summed E-state index contributed by atoms with van der Waals surface area (Å²) in [7, 11) is 0. The highest BCUT2D eigenvalue weighted by Crippen LogP contribution is 2.35. The van der Waals surface area contributed by atoms with Crippen molar-refractivity contribution in [2.75, 3.05) is 0 Å². The van der Waals surface area contributed by atoms with E-state index in [1.165, 1.54) is 19.3 Å². The van der Waals surface area contributed by atoms with Crippen LogP contribution in [0.2, 0.25) is 0 Å². The minimum Gasteiger partial charge on any atom is -0.390 e. The molecule has 1 rings (SSSR count). The van der Waals surface area contributed by atoms with Crippen LogP contribution in [-0.4, -0.2) is 10.7 Å². The first-order valence-corrected chi connectivity index (χ1v) is 5.30. The Bertz CT molecular complexity index is 184. The van der Waals surface area contributed by atoms with Crippen LogP contribution in [0.15, 0.2) is 0 Å². The van der Waals surface area contributed by atoms with Gasteiger partial charge in [-0.2, -0.15) is 0 Å². The van der Waals surface area contributed by atoms with Crippen LogP contribution in [0.5, 0.6) is 0 Å². The molecule has 1 N–H and O–H groups in total. The first kappa shape index (κ1) is 10.6. The fourth-order valence-corrected chi connectivity index (χ4v) is 1.99. The van der Waals surface area contributed by atoms with Gasteiger partial charge in [-0.3, -0.25) is 0 Å². The molecule has 1 saturated carbocycles. The van der Waals surface area contributed by atoms with Crippen LogP contribution in [-0.2, 0) is 0 Å². The lowest BCUT2D eigenvalue weighted by molar-refractivity contribution is 0.0112. The molecule has 0 amide bonds. The average Bonchev–Trinajstić information content (AvgIpc) is 1.98. The second-order valence-electron chi connectivity index (χ2n) is 4.56. The second kappa shape index (κ2) is 4.67. The molecule has 74 valence electrons. The van der Waals surface area contributed by atoms with Crippen molar-refractivity contribution in [3.63, 3.8) is 0 Å². The quantitative estimate of drug-likeness (QED) is 0.509. The molecule has 0 spiro atoms. The molecule has 1 aliphatic carbocycles. The van der Waals surface area contributed by atoms with Crippen LogP contribution in [0.3, 0.4) is 0 Å². The molecule has 0 radical (unpaired) electrons. The monoisotopic (exact) mass is 180 g/mol. The second-order valence-corrected chi connectivity index (χ2v) is 4.56. The molecule has 1 unspecified atom stereocenters. The normalized spacial score (nSPS) is 21.6. The molecule has 0 aromatic carbocycles. The maximum Gasteiger partial charge on any atom is 0.0622 e. The van der Waals surface area contributed by atoms with Crippen molar-refractivity contribution in [2.45, 2.75) is 57.5 Å². The van der Waals surface area contributed by atoms with Gasteiger partial charge in [0.25, 0.3) is 0 Å². The minimum atomic E-state index is -0.470. The van der Waals surface area contributed by atoms with Gasteiger partial charge in [-0.1, -0.05) is 19.3 Å². The molecule has 1 atom stereocenters. The van der Waals surface area contributed by atoms with E-state index >= 15 is 0 Å². The average molecular weight is 180 g/mol. The molecule has 13 heavy (non-hydrogen) atoms. The molecule has 1 heteroatoms. The van der Waals surface area contributed by atoms with Gasteiger partial charge in [0, 0.05) is 6.42 Å². The van der Waals surface area contributed by atoms with Gasteiger partial charge in [0.1, 0.15) is 0 Å². The molecule has 1 fully saturated rings. The van der Waals surface area contributed by atoms with Gasteiger partial charge >= 0.3 is 0 Å². The fraction of sp³-hybridized carbons (Fsp3) is 0.833. The summed E-state index contributed by atoms with van der Waals surface area (Å²) in [6.07, 6.45) is 12.7. The van der Waals surface area contributed by atoms with E-state index < -0.39 is 5.60 Å². The molecule has 1 nitrogen and oxygen atoms in total. The lowest BCUT2D eigenvalue weighted by atomic mass is 9.76. The van der Waals surface area contributed by atoms with E-state index in [4.69, 9.17) is 6.42 Å². The summed E-state index contributed by atoms with van der Waals surface area (Å²) in [5.74, 6) is 3.39. The van der Waals surface area contributed by atoms with Gasteiger partial charge in [0.05, 0.1) is 5.60 Å².